The van der Waals surface area contributed by atoms with Crippen LogP contribution >= 0.6 is 0 Å². The highest BCUT2D eigenvalue weighted by atomic mass is 16.5. The molecular weight excluding hydrogens is 458 g/mol. The minimum atomic E-state index is -1.49. The number of aromatic nitrogens is 1. The van der Waals surface area contributed by atoms with E-state index in [4.69, 9.17) is 9.47 Å². The van der Waals surface area contributed by atoms with Crippen molar-refractivity contribution in [2.24, 2.45) is 0 Å². The van der Waals surface area contributed by atoms with Crippen molar-refractivity contribution < 1.29 is 38.6 Å². The first-order chi connectivity index (χ1) is 16.6. The zero-order chi connectivity index (χ0) is 25.6. The summed E-state index contributed by atoms with van der Waals surface area (Å²) >= 11 is 0. The van der Waals surface area contributed by atoms with Gasteiger partial charge in [0, 0.05) is 42.9 Å². The molecule has 2 aromatic rings. The Balaban J connectivity index is 2.10. The van der Waals surface area contributed by atoms with E-state index in [1.807, 2.05) is 0 Å². The number of nitrogens with zero attached hydrogens (tertiary/aromatic N) is 3. The van der Waals surface area contributed by atoms with Crippen LogP contribution in [-0.4, -0.2) is 77.4 Å². The fourth-order valence-electron chi connectivity index (χ4n) is 4.84. The summed E-state index contributed by atoms with van der Waals surface area (Å²) in [6, 6.07) is 4.07. The summed E-state index contributed by atoms with van der Waals surface area (Å²) in [7, 11) is 5.44. The SMILES string of the molecule is COc1ccc(-c2c(C3C(=O)N(C)C(=O)N(C)C3=O)c3c(n2CC(=O)O)CCCC3=O)cc1OC. The minimum Gasteiger partial charge on any atom is -0.493 e. The predicted molar refractivity (Wildman–Crippen MR) is 122 cm³/mol. The Morgan fingerprint density at radius 1 is 1.00 bits per heavy atom. The molecule has 0 atom stereocenters. The maximum absolute atomic E-state index is 13.3. The van der Waals surface area contributed by atoms with Gasteiger partial charge in [0.05, 0.1) is 19.9 Å². The van der Waals surface area contributed by atoms with Crippen molar-refractivity contribution in [1.82, 2.24) is 14.4 Å². The van der Waals surface area contributed by atoms with Crippen molar-refractivity contribution in [3.05, 3.63) is 35.0 Å². The number of barbiturate groups is 1. The summed E-state index contributed by atoms with van der Waals surface area (Å²) in [6.45, 7) is -0.487. The number of urea groups is 1. The first-order valence-corrected chi connectivity index (χ1v) is 10.9. The molecule has 4 rings (SSSR count). The monoisotopic (exact) mass is 483 g/mol. The average Bonchev–Trinajstić information content (AvgIpc) is 3.15. The molecule has 0 bridgehead atoms. The highest BCUT2D eigenvalue weighted by molar-refractivity contribution is 6.21. The number of Topliss-reactive ketones (excluding diaryl/α,β-unsaturated/α-hetero) is 1. The van der Waals surface area contributed by atoms with E-state index < -0.39 is 36.3 Å². The first kappa shape index (κ1) is 24.0. The maximum atomic E-state index is 13.3. The van der Waals surface area contributed by atoms with Gasteiger partial charge in [-0.1, -0.05) is 0 Å². The number of hydrogen-bond acceptors (Lipinski definition) is 7. The Morgan fingerprint density at radius 3 is 2.20 bits per heavy atom. The van der Waals surface area contributed by atoms with E-state index >= 15 is 0 Å². The molecule has 1 aromatic heterocycles. The molecule has 2 aliphatic rings. The Bertz CT molecular complexity index is 1250. The van der Waals surface area contributed by atoms with E-state index in [0.29, 0.717) is 35.6 Å². The van der Waals surface area contributed by atoms with Crippen LogP contribution in [0.15, 0.2) is 18.2 Å². The number of hydrogen-bond donors (Lipinski definition) is 1. The van der Waals surface area contributed by atoms with Crippen molar-refractivity contribution in [2.75, 3.05) is 28.3 Å². The van der Waals surface area contributed by atoms with Gasteiger partial charge in [0.1, 0.15) is 12.5 Å². The van der Waals surface area contributed by atoms with Crippen LogP contribution < -0.4 is 9.47 Å². The minimum absolute atomic E-state index is 0.111. The summed E-state index contributed by atoms with van der Waals surface area (Å²) in [5, 5.41) is 9.69. The van der Waals surface area contributed by atoms with Gasteiger partial charge in [-0.3, -0.25) is 29.0 Å². The molecule has 11 heteroatoms. The quantitative estimate of drug-likeness (QED) is 0.616. The fourth-order valence-corrected chi connectivity index (χ4v) is 4.84. The van der Waals surface area contributed by atoms with Crippen molar-refractivity contribution in [3.8, 4) is 22.8 Å². The van der Waals surface area contributed by atoms with Crippen molar-refractivity contribution in [2.45, 2.75) is 31.7 Å². The lowest BCUT2D eigenvalue weighted by atomic mass is 9.84. The van der Waals surface area contributed by atoms with Gasteiger partial charge in [0.25, 0.3) is 0 Å². The fraction of sp³-hybridized carbons (Fsp3) is 0.375. The van der Waals surface area contributed by atoms with Crippen molar-refractivity contribution in [1.29, 1.82) is 0 Å². The van der Waals surface area contributed by atoms with Gasteiger partial charge in [-0.05, 0) is 31.0 Å². The van der Waals surface area contributed by atoms with Crippen LogP contribution in [0.4, 0.5) is 4.79 Å². The second-order valence-corrected chi connectivity index (χ2v) is 8.42. The van der Waals surface area contributed by atoms with Gasteiger partial charge < -0.3 is 19.1 Å². The van der Waals surface area contributed by atoms with E-state index in [1.54, 1.807) is 18.2 Å². The number of imide groups is 2. The van der Waals surface area contributed by atoms with E-state index in [-0.39, 0.29) is 29.0 Å². The van der Waals surface area contributed by atoms with Crippen LogP contribution in [0, 0.1) is 0 Å². The molecule has 1 fully saturated rings. The zero-order valence-electron chi connectivity index (χ0n) is 19.8. The molecule has 1 saturated heterocycles. The Morgan fingerprint density at radius 2 is 1.63 bits per heavy atom. The molecule has 11 nitrogen and oxygen atoms in total. The van der Waals surface area contributed by atoms with E-state index in [1.165, 1.54) is 32.9 Å². The third-order valence-corrected chi connectivity index (χ3v) is 6.47. The van der Waals surface area contributed by atoms with Gasteiger partial charge in [-0.25, -0.2) is 4.79 Å². The Hall–Kier alpha value is -4.15. The summed E-state index contributed by atoms with van der Waals surface area (Å²) in [6.07, 6.45) is 1.10. The number of carbonyl (C=O) groups excluding carboxylic acids is 4. The molecule has 4 amide bonds. The van der Waals surface area contributed by atoms with Crippen molar-refractivity contribution in [3.63, 3.8) is 0 Å². The number of ketones is 1. The summed E-state index contributed by atoms with van der Waals surface area (Å²) in [5.74, 6) is -3.73. The molecule has 1 N–H and O–H groups in total. The molecule has 2 heterocycles. The number of carbonyl (C=O) groups is 5. The highest BCUT2D eigenvalue weighted by Gasteiger charge is 2.48. The zero-order valence-corrected chi connectivity index (χ0v) is 19.8. The molecule has 1 aromatic carbocycles. The van der Waals surface area contributed by atoms with Crippen LogP contribution in [-0.2, 0) is 27.3 Å². The summed E-state index contributed by atoms with van der Waals surface area (Å²) in [4.78, 5) is 65.7. The number of carboxylic acids is 1. The predicted octanol–water partition coefficient (Wildman–Crippen LogP) is 1.91. The Kier molecular flexibility index (Phi) is 6.10. The number of fused-ring (bicyclic) bond motifs is 1. The van der Waals surface area contributed by atoms with Crippen molar-refractivity contribution >= 4 is 29.6 Å². The number of amides is 4. The molecule has 0 saturated carbocycles. The first-order valence-electron chi connectivity index (χ1n) is 10.9. The summed E-state index contributed by atoms with van der Waals surface area (Å²) in [5.41, 5.74) is 1.41. The number of methoxy groups -OCH3 is 2. The largest absolute Gasteiger partial charge is 0.493 e. The third kappa shape index (κ3) is 3.72. The third-order valence-electron chi connectivity index (χ3n) is 6.47. The number of aliphatic carboxylic acids is 1. The lowest BCUT2D eigenvalue weighted by molar-refractivity contribution is -0.143. The van der Waals surface area contributed by atoms with Crippen LogP contribution in [0.1, 0.15) is 40.4 Å². The second kappa shape index (κ2) is 8.90. The lowest BCUT2D eigenvalue weighted by Crippen LogP contribution is -2.56. The van der Waals surface area contributed by atoms with Gasteiger partial charge in [-0.2, -0.15) is 0 Å². The highest BCUT2D eigenvalue weighted by Crippen LogP contribution is 2.44. The van der Waals surface area contributed by atoms with Crippen LogP contribution in [0.3, 0.4) is 0 Å². The lowest BCUT2D eigenvalue weighted by Gasteiger charge is -2.33. The number of rotatable bonds is 6. The normalized spacial score (nSPS) is 16.6. The van der Waals surface area contributed by atoms with Crippen LogP contribution in [0.2, 0.25) is 0 Å². The number of benzene rings is 1. The van der Waals surface area contributed by atoms with Crippen LogP contribution in [0.25, 0.3) is 11.3 Å². The second-order valence-electron chi connectivity index (χ2n) is 8.42. The van der Waals surface area contributed by atoms with Gasteiger partial charge in [0.15, 0.2) is 17.3 Å². The molecule has 1 aliphatic carbocycles. The van der Waals surface area contributed by atoms with E-state index in [0.717, 1.165) is 9.80 Å². The molecule has 35 heavy (non-hydrogen) atoms. The molecule has 1 aliphatic heterocycles. The van der Waals surface area contributed by atoms with E-state index in [9.17, 15) is 29.1 Å². The average molecular weight is 483 g/mol. The molecule has 184 valence electrons. The molecule has 0 unspecified atom stereocenters. The molecule has 0 spiro atoms. The summed E-state index contributed by atoms with van der Waals surface area (Å²) < 4.78 is 12.2. The molecule has 0 radical (unpaired) electrons. The van der Waals surface area contributed by atoms with E-state index in [2.05, 4.69) is 0 Å². The van der Waals surface area contributed by atoms with Gasteiger partial charge in [0.2, 0.25) is 11.8 Å². The number of carboxylic acid groups (broad SMARTS) is 1. The van der Waals surface area contributed by atoms with Gasteiger partial charge in [-0.15, -0.1) is 0 Å². The molecular formula is C24H25N3O8. The van der Waals surface area contributed by atoms with Gasteiger partial charge >= 0.3 is 12.0 Å². The number of likely N-dealkylation sites (N-methyl/N-ethyl adjacent to an activating group) is 2. The standard InChI is InChI=1S/C24H25N3O8/c1-25-22(31)20(23(32)26(2)24(25)33)19-18-13(6-5-7-14(18)28)27(11-17(29)30)21(19)12-8-9-15(34-3)16(10-12)35-4/h8-10,20H,5-7,11H2,1-4H3,(H,29,30). The number of ether oxygens (including phenoxy) is 2. The van der Waals surface area contributed by atoms with Crippen LogP contribution in [0.5, 0.6) is 11.5 Å². The topological polar surface area (TPSA) is 135 Å². The Labute approximate surface area is 200 Å². The smallest absolute Gasteiger partial charge is 0.332 e. The maximum Gasteiger partial charge on any atom is 0.332 e.